The Labute approximate surface area is 132 Å². The lowest BCUT2D eigenvalue weighted by Gasteiger charge is -2.21. The van der Waals surface area contributed by atoms with Gasteiger partial charge in [-0.05, 0) is 36.5 Å². The first-order valence-electron chi connectivity index (χ1n) is 8.13. The molecule has 0 N–H and O–H groups in total. The molecule has 0 radical (unpaired) electrons. The summed E-state index contributed by atoms with van der Waals surface area (Å²) in [6.07, 6.45) is 12.7. The number of ether oxygens (including phenoxy) is 1. The third kappa shape index (κ3) is 3.24. The van der Waals surface area contributed by atoms with Gasteiger partial charge in [0.1, 0.15) is 5.75 Å². The maximum atomic E-state index is 5.49. The van der Waals surface area contributed by atoms with Gasteiger partial charge in [0.25, 0.3) is 0 Å². The quantitative estimate of drug-likeness (QED) is 0.793. The first-order valence-corrected chi connectivity index (χ1v) is 8.13. The van der Waals surface area contributed by atoms with Gasteiger partial charge >= 0.3 is 0 Å². The zero-order chi connectivity index (χ0) is 15.4. The molecule has 1 aromatic carbocycles. The van der Waals surface area contributed by atoms with Crippen LogP contribution in [0.4, 0.5) is 0 Å². The molecule has 0 atom stereocenters. The van der Waals surface area contributed by atoms with Crippen LogP contribution < -0.4 is 4.74 Å². The van der Waals surface area contributed by atoms with Crippen LogP contribution in [0.15, 0.2) is 37.2 Å². The Bertz CT molecular complexity index is 639. The summed E-state index contributed by atoms with van der Waals surface area (Å²) in [6, 6.07) is 6.11. The second-order valence-corrected chi connectivity index (χ2v) is 6.12. The van der Waals surface area contributed by atoms with Crippen molar-refractivity contribution in [1.29, 1.82) is 0 Å². The standard InChI is InChI=1S/C19H24N2O/c1-3-15-9-10-19(22-2)18(11-15)17-12-20-21(14-17)13-16-7-5-4-6-8-16/h3,9-12,14,16H,1,4-8,13H2,2H3. The molecular weight excluding hydrogens is 272 g/mol. The molecule has 1 aromatic heterocycles. The van der Waals surface area contributed by atoms with E-state index in [1.807, 2.05) is 24.4 Å². The van der Waals surface area contributed by atoms with E-state index in [-0.39, 0.29) is 0 Å². The average Bonchev–Trinajstić information content (AvgIpc) is 3.03. The Hall–Kier alpha value is -2.03. The van der Waals surface area contributed by atoms with Crippen molar-refractivity contribution in [2.75, 3.05) is 7.11 Å². The normalized spacial score (nSPS) is 15.7. The van der Waals surface area contributed by atoms with Gasteiger partial charge in [0, 0.05) is 23.9 Å². The van der Waals surface area contributed by atoms with Gasteiger partial charge in [-0.25, -0.2) is 0 Å². The van der Waals surface area contributed by atoms with Crippen molar-refractivity contribution < 1.29 is 4.74 Å². The average molecular weight is 296 g/mol. The minimum Gasteiger partial charge on any atom is -0.496 e. The second kappa shape index (κ2) is 6.82. The zero-order valence-electron chi connectivity index (χ0n) is 13.3. The lowest BCUT2D eigenvalue weighted by atomic mass is 9.89. The highest BCUT2D eigenvalue weighted by Crippen LogP contribution is 2.31. The summed E-state index contributed by atoms with van der Waals surface area (Å²) < 4.78 is 7.58. The van der Waals surface area contributed by atoms with E-state index in [4.69, 9.17) is 4.74 Å². The molecule has 1 aliphatic rings. The van der Waals surface area contributed by atoms with Gasteiger partial charge in [-0.1, -0.05) is 38.0 Å². The summed E-state index contributed by atoms with van der Waals surface area (Å²) >= 11 is 0. The number of methoxy groups -OCH3 is 1. The van der Waals surface area contributed by atoms with Crippen LogP contribution in [0.3, 0.4) is 0 Å². The van der Waals surface area contributed by atoms with Crippen molar-refractivity contribution in [2.45, 2.75) is 38.6 Å². The van der Waals surface area contributed by atoms with E-state index < -0.39 is 0 Å². The van der Waals surface area contributed by atoms with Crippen LogP contribution in [0.25, 0.3) is 17.2 Å². The molecule has 3 rings (SSSR count). The highest BCUT2D eigenvalue weighted by Gasteiger charge is 2.15. The Kier molecular flexibility index (Phi) is 4.62. The molecule has 0 unspecified atom stereocenters. The van der Waals surface area contributed by atoms with Crippen molar-refractivity contribution >= 4 is 6.08 Å². The van der Waals surface area contributed by atoms with E-state index in [2.05, 4.69) is 28.6 Å². The Morgan fingerprint density at radius 2 is 2.14 bits per heavy atom. The molecule has 3 heteroatoms. The summed E-state index contributed by atoms with van der Waals surface area (Å²) in [5.41, 5.74) is 3.28. The van der Waals surface area contributed by atoms with E-state index in [9.17, 15) is 0 Å². The molecule has 3 nitrogen and oxygen atoms in total. The fraction of sp³-hybridized carbons (Fsp3) is 0.421. The maximum absolute atomic E-state index is 5.49. The van der Waals surface area contributed by atoms with Gasteiger partial charge in [0.15, 0.2) is 0 Å². The molecule has 116 valence electrons. The highest BCUT2D eigenvalue weighted by atomic mass is 16.5. The number of nitrogens with zero attached hydrogens (tertiary/aromatic N) is 2. The second-order valence-electron chi connectivity index (χ2n) is 6.12. The summed E-state index contributed by atoms with van der Waals surface area (Å²) in [5.74, 6) is 1.66. The SMILES string of the molecule is C=Cc1ccc(OC)c(-c2cnn(CC3CCCCC3)c2)c1. The van der Waals surface area contributed by atoms with Crippen LogP contribution in [0, 0.1) is 5.92 Å². The van der Waals surface area contributed by atoms with Crippen LogP contribution in [0.5, 0.6) is 5.75 Å². The maximum Gasteiger partial charge on any atom is 0.126 e. The number of rotatable bonds is 5. The molecule has 2 aromatic rings. The van der Waals surface area contributed by atoms with E-state index >= 15 is 0 Å². The van der Waals surface area contributed by atoms with Crippen LogP contribution in [-0.4, -0.2) is 16.9 Å². The topological polar surface area (TPSA) is 27.1 Å². The van der Waals surface area contributed by atoms with Crippen molar-refractivity contribution in [3.8, 4) is 16.9 Å². The van der Waals surface area contributed by atoms with E-state index in [0.717, 1.165) is 34.9 Å². The molecule has 1 aliphatic carbocycles. The third-order valence-corrected chi connectivity index (χ3v) is 4.57. The molecule has 0 saturated heterocycles. The first-order chi connectivity index (χ1) is 10.8. The molecule has 1 saturated carbocycles. The summed E-state index contributed by atoms with van der Waals surface area (Å²) in [5, 5.41) is 4.55. The van der Waals surface area contributed by atoms with E-state index in [1.165, 1.54) is 32.1 Å². The minimum atomic E-state index is 0.780. The predicted molar refractivity (Wildman–Crippen MR) is 90.9 cm³/mol. The zero-order valence-corrected chi connectivity index (χ0v) is 13.3. The molecule has 0 spiro atoms. The molecule has 22 heavy (non-hydrogen) atoms. The van der Waals surface area contributed by atoms with Gasteiger partial charge < -0.3 is 4.74 Å². The fourth-order valence-electron chi connectivity index (χ4n) is 3.31. The van der Waals surface area contributed by atoms with Gasteiger partial charge in [-0.3, -0.25) is 4.68 Å². The summed E-state index contributed by atoms with van der Waals surface area (Å²) in [6.45, 7) is 4.87. The predicted octanol–water partition coefficient (Wildman–Crippen LogP) is 4.78. The molecule has 0 amide bonds. The van der Waals surface area contributed by atoms with Crippen molar-refractivity contribution in [1.82, 2.24) is 9.78 Å². The Morgan fingerprint density at radius 3 is 2.86 bits per heavy atom. The van der Waals surface area contributed by atoms with Crippen LogP contribution in [-0.2, 0) is 6.54 Å². The number of benzene rings is 1. The van der Waals surface area contributed by atoms with Crippen LogP contribution in [0.1, 0.15) is 37.7 Å². The highest BCUT2D eigenvalue weighted by molar-refractivity contribution is 5.72. The molecule has 0 bridgehead atoms. The van der Waals surface area contributed by atoms with Gasteiger partial charge in [-0.15, -0.1) is 0 Å². The monoisotopic (exact) mass is 296 g/mol. The summed E-state index contributed by atoms with van der Waals surface area (Å²) in [4.78, 5) is 0. The lowest BCUT2D eigenvalue weighted by molar-refractivity contribution is 0.308. The minimum absolute atomic E-state index is 0.780. The van der Waals surface area contributed by atoms with Crippen molar-refractivity contribution in [3.63, 3.8) is 0 Å². The Morgan fingerprint density at radius 1 is 1.32 bits per heavy atom. The van der Waals surface area contributed by atoms with E-state index in [1.54, 1.807) is 7.11 Å². The van der Waals surface area contributed by atoms with Crippen LogP contribution in [0.2, 0.25) is 0 Å². The number of hydrogen-bond donors (Lipinski definition) is 0. The molecule has 1 fully saturated rings. The first kappa shape index (κ1) is 14.9. The Balaban J connectivity index is 1.82. The smallest absolute Gasteiger partial charge is 0.126 e. The van der Waals surface area contributed by atoms with Crippen molar-refractivity contribution in [3.05, 3.63) is 42.7 Å². The molecular formula is C19H24N2O. The van der Waals surface area contributed by atoms with Gasteiger partial charge in [0.05, 0.1) is 13.3 Å². The third-order valence-electron chi connectivity index (χ3n) is 4.57. The van der Waals surface area contributed by atoms with Gasteiger partial charge in [0.2, 0.25) is 0 Å². The van der Waals surface area contributed by atoms with E-state index in [0.29, 0.717) is 0 Å². The fourth-order valence-corrected chi connectivity index (χ4v) is 3.31. The van der Waals surface area contributed by atoms with Crippen LogP contribution >= 0.6 is 0 Å². The van der Waals surface area contributed by atoms with Crippen molar-refractivity contribution in [2.24, 2.45) is 5.92 Å². The van der Waals surface area contributed by atoms with Gasteiger partial charge in [-0.2, -0.15) is 5.10 Å². The summed E-state index contributed by atoms with van der Waals surface area (Å²) in [7, 11) is 1.71. The largest absolute Gasteiger partial charge is 0.496 e. The lowest BCUT2D eigenvalue weighted by Crippen LogP contribution is -2.14. The number of hydrogen-bond acceptors (Lipinski definition) is 2. The molecule has 0 aliphatic heterocycles. The molecule has 1 heterocycles. The number of aromatic nitrogens is 2.